The number of nitrogens with zero attached hydrogens (tertiary/aromatic N) is 2. The molecular formula is C21H31N3O2S. The number of pyridine rings is 1. The highest BCUT2D eigenvalue weighted by atomic mass is 32.2. The molecule has 0 fully saturated rings. The largest absolute Gasteiger partial charge is 0.355 e. The van der Waals surface area contributed by atoms with Crippen molar-refractivity contribution in [2.24, 2.45) is 7.05 Å². The molecule has 0 atom stereocenters. The topological polar surface area (TPSA) is 54.3 Å². The summed E-state index contributed by atoms with van der Waals surface area (Å²) in [4.78, 5) is 27.6. The van der Waals surface area contributed by atoms with Crippen molar-refractivity contribution in [3.8, 4) is 0 Å². The van der Waals surface area contributed by atoms with Crippen LogP contribution in [0.5, 0.6) is 0 Å². The van der Waals surface area contributed by atoms with Gasteiger partial charge in [0.25, 0.3) is 5.56 Å². The number of thioether (sulfide) groups is 1. The minimum absolute atomic E-state index is 0.0152. The highest BCUT2D eigenvalue weighted by molar-refractivity contribution is 8.00. The van der Waals surface area contributed by atoms with Crippen molar-refractivity contribution in [3.05, 3.63) is 40.7 Å². The van der Waals surface area contributed by atoms with E-state index >= 15 is 0 Å². The molecule has 1 N–H and O–H groups in total. The standard InChI is InChI=1S/C21H31N3O2S/c1-4-6-13-24(5-2)14-9-12-22-20(25)16-27-19-15-21(26)23(3)18-11-8-7-10-17(18)19/h7-8,10-11,15H,4-6,9,12-14,16H2,1-3H3,(H,22,25). The molecule has 0 saturated heterocycles. The third kappa shape index (κ3) is 6.40. The number of amides is 1. The molecular weight excluding hydrogens is 358 g/mol. The van der Waals surface area contributed by atoms with Gasteiger partial charge >= 0.3 is 0 Å². The molecule has 1 aromatic carbocycles. The van der Waals surface area contributed by atoms with Gasteiger partial charge in [-0.25, -0.2) is 0 Å². The van der Waals surface area contributed by atoms with Crippen molar-refractivity contribution in [1.29, 1.82) is 0 Å². The molecule has 0 aliphatic rings. The minimum atomic E-state index is -0.0525. The molecule has 148 valence electrons. The Morgan fingerprint density at radius 2 is 1.93 bits per heavy atom. The zero-order valence-electron chi connectivity index (χ0n) is 16.7. The lowest BCUT2D eigenvalue weighted by Gasteiger charge is -2.19. The Hall–Kier alpha value is -1.79. The summed E-state index contributed by atoms with van der Waals surface area (Å²) in [5.41, 5.74) is 0.836. The molecule has 1 heterocycles. The number of carbonyl (C=O) groups excluding carboxylic acids is 1. The van der Waals surface area contributed by atoms with Gasteiger partial charge in [0.2, 0.25) is 5.91 Å². The monoisotopic (exact) mass is 389 g/mol. The molecule has 1 aromatic heterocycles. The summed E-state index contributed by atoms with van der Waals surface area (Å²) in [6, 6.07) is 9.41. The van der Waals surface area contributed by atoms with E-state index in [1.807, 2.05) is 24.3 Å². The van der Waals surface area contributed by atoms with Crippen molar-refractivity contribution in [2.45, 2.75) is 38.0 Å². The van der Waals surface area contributed by atoms with Crippen LogP contribution in [0.2, 0.25) is 0 Å². The van der Waals surface area contributed by atoms with Gasteiger partial charge in [-0.2, -0.15) is 0 Å². The highest BCUT2D eigenvalue weighted by Crippen LogP contribution is 2.25. The summed E-state index contributed by atoms with van der Waals surface area (Å²) in [5, 5.41) is 4.00. The molecule has 0 spiro atoms. The molecule has 2 aromatic rings. The van der Waals surface area contributed by atoms with Gasteiger partial charge in [-0.1, -0.05) is 38.5 Å². The van der Waals surface area contributed by atoms with Gasteiger partial charge in [0.1, 0.15) is 0 Å². The average molecular weight is 390 g/mol. The lowest BCUT2D eigenvalue weighted by molar-refractivity contribution is -0.118. The van der Waals surface area contributed by atoms with Gasteiger partial charge in [-0.3, -0.25) is 9.59 Å². The van der Waals surface area contributed by atoms with Gasteiger partial charge in [-0.15, -0.1) is 11.8 Å². The number of carbonyl (C=O) groups is 1. The Morgan fingerprint density at radius 1 is 1.19 bits per heavy atom. The number of unbranched alkanes of at least 4 members (excludes halogenated alkanes) is 1. The molecule has 0 bridgehead atoms. The summed E-state index contributed by atoms with van der Waals surface area (Å²) < 4.78 is 1.64. The Morgan fingerprint density at radius 3 is 2.67 bits per heavy atom. The second-order valence-electron chi connectivity index (χ2n) is 6.70. The number of rotatable bonds is 11. The number of para-hydroxylation sites is 1. The molecule has 0 aliphatic heterocycles. The molecule has 1 amide bonds. The fourth-order valence-electron chi connectivity index (χ4n) is 3.03. The number of aryl methyl sites for hydroxylation is 1. The number of hydrogen-bond donors (Lipinski definition) is 1. The maximum Gasteiger partial charge on any atom is 0.251 e. The summed E-state index contributed by atoms with van der Waals surface area (Å²) in [5.74, 6) is 0.339. The maximum absolute atomic E-state index is 12.2. The van der Waals surface area contributed by atoms with Crippen LogP contribution in [0.1, 0.15) is 33.1 Å². The van der Waals surface area contributed by atoms with Gasteiger partial charge in [0.05, 0.1) is 11.3 Å². The second kappa shape index (κ2) is 11.1. The lowest BCUT2D eigenvalue weighted by atomic mass is 10.2. The molecule has 0 saturated carbocycles. The van der Waals surface area contributed by atoms with Crippen LogP contribution in [0.4, 0.5) is 0 Å². The van der Waals surface area contributed by atoms with E-state index < -0.39 is 0 Å². The maximum atomic E-state index is 12.2. The van der Waals surface area contributed by atoms with Crippen molar-refractivity contribution in [2.75, 3.05) is 31.9 Å². The van der Waals surface area contributed by atoms with E-state index in [1.54, 1.807) is 17.7 Å². The lowest BCUT2D eigenvalue weighted by Crippen LogP contribution is -2.31. The Balaban J connectivity index is 1.82. The summed E-state index contributed by atoms with van der Waals surface area (Å²) in [6.07, 6.45) is 3.39. The molecule has 27 heavy (non-hydrogen) atoms. The first-order chi connectivity index (χ1) is 13.1. The van der Waals surface area contributed by atoms with Crippen LogP contribution in [-0.2, 0) is 11.8 Å². The molecule has 5 nitrogen and oxygen atoms in total. The number of hydrogen-bond acceptors (Lipinski definition) is 4. The number of aromatic nitrogens is 1. The molecule has 0 aliphatic carbocycles. The molecule has 6 heteroatoms. The van der Waals surface area contributed by atoms with Crippen LogP contribution < -0.4 is 10.9 Å². The smallest absolute Gasteiger partial charge is 0.251 e. The number of benzene rings is 1. The molecule has 0 radical (unpaired) electrons. The van der Waals surface area contributed by atoms with E-state index in [0.29, 0.717) is 12.3 Å². The first kappa shape index (κ1) is 21.5. The first-order valence-corrected chi connectivity index (χ1v) is 10.8. The average Bonchev–Trinajstić information content (AvgIpc) is 2.69. The second-order valence-corrected chi connectivity index (χ2v) is 7.72. The van der Waals surface area contributed by atoms with Crippen LogP contribution in [0.25, 0.3) is 10.9 Å². The van der Waals surface area contributed by atoms with Crippen molar-refractivity contribution in [3.63, 3.8) is 0 Å². The Bertz CT molecular complexity index is 804. The van der Waals surface area contributed by atoms with Crippen LogP contribution in [0.3, 0.4) is 0 Å². The molecule has 2 rings (SSSR count). The van der Waals surface area contributed by atoms with E-state index in [0.717, 1.165) is 41.9 Å². The summed E-state index contributed by atoms with van der Waals surface area (Å²) in [7, 11) is 1.77. The first-order valence-electron chi connectivity index (χ1n) is 9.77. The predicted molar refractivity (Wildman–Crippen MR) is 115 cm³/mol. The van der Waals surface area contributed by atoms with E-state index in [9.17, 15) is 9.59 Å². The van der Waals surface area contributed by atoms with Gasteiger partial charge in [0.15, 0.2) is 0 Å². The van der Waals surface area contributed by atoms with E-state index in [-0.39, 0.29) is 11.5 Å². The SMILES string of the molecule is CCCCN(CC)CCCNC(=O)CSc1cc(=O)n(C)c2ccccc12. The van der Waals surface area contributed by atoms with Crippen LogP contribution in [0.15, 0.2) is 40.0 Å². The normalized spacial score (nSPS) is 11.3. The van der Waals surface area contributed by atoms with Crippen LogP contribution in [-0.4, -0.2) is 47.3 Å². The predicted octanol–water partition coefficient (Wildman–Crippen LogP) is 3.26. The molecule has 0 unspecified atom stereocenters. The van der Waals surface area contributed by atoms with Gasteiger partial charge in [-0.05, 0) is 38.5 Å². The fraction of sp³-hybridized carbons (Fsp3) is 0.524. The van der Waals surface area contributed by atoms with Crippen molar-refractivity contribution < 1.29 is 4.79 Å². The van der Waals surface area contributed by atoms with Crippen molar-refractivity contribution >= 4 is 28.6 Å². The third-order valence-corrected chi connectivity index (χ3v) is 5.78. The Kier molecular flexibility index (Phi) is 8.88. The van der Waals surface area contributed by atoms with Gasteiger partial charge < -0.3 is 14.8 Å². The summed E-state index contributed by atoms with van der Waals surface area (Å²) in [6.45, 7) is 8.28. The number of nitrogens with one attached hydrogen (secondary N) is 1. The van der Waals surface area contributed by atoms with E-state index in [4.69, 9.17) is 0 Å². The van der Waals surface area contributed by atoms with Gasteiger partial charge in [0, 0.05) is 29.9 Å². The van der Waals surface area contributed by atoms with Crippen LogP contribution >= 0.6 is 11.8 Å². The van der Waals surface area contributed by atoms with E-state index in [1.165, 1.54) is 24.6 Å². The zero-order valence-corrected chi connectivity index (χ0v) is 17.5. The highest BCUT2D eigenvalue weighted by Gasteiger charge is 2.09. The Labute approximate surface area is 166 Å². The minimum Gasteiger partial charge on any atom is -0.355 e. The third-order valence-electron chi connectivity index (χ3n) is 4.72. The fourth-order valence-corrected chi connectivity index (χ4v) is 3.93. The van der Waals surface area contributed by atoms with E-state index in [2.05, 4.69) is 24.1 Å². The van der Waals surface area contributed by atoms with Crippen molar-refractivity contribution in [1.82, 2.24) is 14.8 Å². The zero-order chi connectivity index (χ0) is 19.6. The summed E-state index contributed by atoms with van der Waals surface area (Å²) >= 11 is 1.43. The quantitative estimate of drug-likeness (QED) is 0.473. The van der Waals surface area contributed by atoms with Crippen LogP contribution in [0, 0.1) is 0 Å². The number of fused-ring (bicyclic) bond motifs is 1.